The van der Waals surface area contributed by atoms with Crippen LogP contribution in [0.15, 0.2) is 18.2 Å². The van der Waals surface area contributed by atoms with Crippen LogP contribution in [0.3, 0.4) is 0 Å². The molecule has 0 aliphatic heterocycles. The zero-order chi connectivity index (χ0) is 9.10. The van der Waals surface area contributed by atoms with E-state index in [-0.39, 0.29) is 12.4 Å². The summed E-state index contributed by atoms with van der Waals surface area (Å²) in [6.45, 7) is 0.674. The zero-order valence-corrected chi connectivity index (χ0v) is 9.28. The predicted molar refractivity (Wildman–Crippen MR) is 62.8 cm³/mol. The summed E-state index contributed by atoms with van der Waals surface area (Å²) in [5.74, 6) is 0. The minimum Gasteiger partial charge on any atom is -0.326 e. The summed E-state index contributed by atoms with van der Waals surface area (Å²) >= 11 is 0. The fourth-order valence-electron chi connectivity index (χ4n) is 2.09. The second kappa shape index (κ2) is 5.38. The molecule has 0 bridgehead atoms. The van der Waals surface area contributed by atoms with Crippen LogP contribution in [0.4, 0.5) is 0 Å². The van der Waals surface area contributed by atoms with Crippen LogP contribution in [-0.2, 0) is 19.4 Å². The third-order valence-corrected chi connectivity index (χ3v) is 2.90. The molecule has 1 aliphatic carbocycles. The van der Waals surface area contributed by atoms with Crippen LogP contribution in [0.1, 0.15) is 36.0 Å². The third-order valence-electron chi connectivity index (χ3n) is 2.90. The molecule has 78 valence electrons. The summed E-state index contributed by atoms with van der Waals surface area (Å²) in [5.41, 5.74) is 9.99. The summed E-state index contributed by atoms with van der Waals surface area (Å²) < 4.78 is 0. The molecule has 0 atom stereocenters. The zero-order valence-electron chi connectivity index (χ0n) is 8.46. The monoisotopic (exact) mass is 211 g/mol. The maximum atomic E-state index is 5.62. The van der Waals surface area contributed by atoms with Gasteiger partial charge in [-0.05, 0) is 42.4 Å². The average molecular weight is 212 g/mol. The molecule has 1 aliphatic rings. The van der Waals surface area contributed by atoms with Gasteiger partial charge in [-0.2, -0.15) is 0 Å². The molecule has 14 heavy (non-hydrogen) atoms. The Morgan fingerprint density at radius 3 is 2.43 bits per heavy atom. The molecular weight excluding hydrogens is 194 g/mol. The molecule has 1 aromatic rings. The van der Waals surface area contributed by atoms with Crippen LogP contribution < -0.4 is 5.73 Å². The lowest BCUT2D eigenvalue weighted by Crippen LogP contribution is -1.99. The summed E-state index contributed by atoms with van der Waals surface area (Å²) in [5, 5.41) is 0. The van der Waals surface area contributed by atoms with Crippen molar-refractivity contribution in [1.82, 2.24) is 0 Å². The molecule has 0 unspecified atom stereocenters. The molecule has 0 heterocycles. The van der Waals surface area contributed by atoms with Gasteiger partial charge in [0.25, 0.3) is 0 Å². The van der Waals surface area contributed by atoms with Crippen molar-refractivity contribution in [2.75, 3.05) is 0 Å². The molecule has 1 aromatic carbocycles. The predicted octanol–water partition coefficient (Wildman–Crippen LogP) is 2.84. The van der Waals surface area contributed by atoms with Crippen LogP contribution in [-0.4, -0.2) is 0 Å². The molecule has 0 fully saturated rings. The maximum absolute atomic E-state index is 5.62. The largest absolute Gasteiger partial charge is 0.326 e. The fraction of sp³-hybridized carbons (Fsp3) is 0.500. The summed E-state index contributed by atoms with van der Waals surface area (Å²) in [4.78, 5) is 0. The number of nitrogens with two attached hydrogens (primary N) is 1. The first-order valence-corrected chi connectivity index (χ1v) is 5.21. The molecular formula is C12H18ClN. The van der Waals surface area contributed by atoms with E-state index in [1.807, 2.05) is 0 Å². The minimum atomic E-state index is 0. The maximum Gasteiger partial charge on any atom is 0.0178 e. The van der Waals surface area contributed by atoms with E-state index in [2.05, 4.69) is 18.2 Å². The fourth-order valence-corrected chi connectivity index (χ4v) is 2.09. The van der Waals surface area contributed by atoms with Gasteiger partial charge in [0.1, 0.15) is 0 Å². The van der Waals surface area contributed by atoms with Gasteiger partial charge in [-0.15, -0.1) is 12.4 Å². The lowest BCUT2D eigenvalue weighted by Gasteiger charge is -2.06. The lowest BCUT2D eigenvalue weighted by molar-refractivity contribution is 0.711. The van der Waals surface area contributed by atoms with Crippen molar-refractivity contribution in [2.45, 2.75) is 38.6 Å². The molecule has 0 saturated heterocycles. The first-order valence-electron chi connectivity index (χ1n) is 5.21. The standard InChI is InChI=1S/C12H17N.ClH/c13-9-10-6-7-11-4-2-1-3-5-12(11)8-10;/h6-8H,1-5,9,13H2;1H. The Morgan fingerprint density at radius 1 is 1.00 bits per heavy atom. The van der Waals surface area contributed by atoms with E-state index in [9.17, 15) is 0 Å². The number of halogens is 1. The van der Waals surface area contributed by atoms with Crippen molar-refractivity contribution in [2.24, 2.45) is 5.73 Å². The number of benzene rings is 1. The Labute approximate surface area is 92.1 Å². The van der Waals surface area contributed by atoms with Crippen molar-refractivity contribution in [3.8, 4) is 0 Å². The molecule has 0 saturated carbocycles. The third kappa shape index (κ3) is 2.49. The number of fused-ring (bicyclic) bond motifs is 1. The number of rotatable bonds is 1. The van der Waals surface area contributed by atoms with Crippen molar-refractivity contribution < 1.29 is 0 Å². The Bertz CT molecular complexity index is 296. The van der Waals surface area contributed by atoms with Gasteiger partial charge in [0.05, 0.1) is 0 Å². The number of hydrogen-bond acceptors (Lipinski definition) is 1. The Hall–Kier alpha value is -0.530. The van der Waals surface area contributed by atoms with Gasteiger partial charge in [-0.1, -0.05) is 24.6 Å². The van der Waals surface area contributed by atoms with Gasteiger partial charge >= 0.3 is 0 Å². The van der Waals surface area contributed by atoms with Crippen LogP contribution in [0.2, 0.25) is 0 Å². The van der Waals surface area contributed by atoms with E-state index in [0.29, 0.717) is 6.54 Å². The lowest BCUT2D eigenvalue weighted by atomic mass is 10.0. The molecule has 0 spiro atoms. The van der Waals surface area contributed by atoms with Crippen molar-refractivity contribution in [3.05, 3.63) is 34.9 Å². The van der Waals surface area contributed by atoms with Gasteiger partial charge in [-0.25, -0.2) is 0 Å². The number of hydrogen-bond donors (Lipinski definition) is 1. The molecule has 1 nitrogen and oxygen atoms in total. The summed E-state index contributed by atoms with van der Waals surface area (Å²) in [6, 6.07) is 6.73. The first-order chi connectivity index (χ1) is 6.40. The molecule has 0 amide bonds. The van der Waals surface area contributed by atoms with Gasteiger partial charge in [-0.3, -0.25) is 0 Å². The van der Waals surface area contributed by atoms with Crippen LogP contribution in [0, 0.1) is 0 Å². The second-order valence-electron chi connectivity index (χ2n) is 3.87. The topological polar surface area (TPSA) is 26.0 Å². The van der Waals surface area contributed by atoms with Gasteiger partial charge in [0.2, 0.25) is 0 Å². The van der Waals surface area contributed by atoms with E-state index >= 15 is 0 Å². The molecule has 2 heteroatoms. The SMILES string of the molecule is Cl.NCc1ccc2c(c1)CCCCC2. The first kappa shape index (κ1) is 11.5. The van der Waals surface area contributed by atoms with E-state index in [0.717, 1.165) is 0 Å². The highest BCUT2D eigenvalue weighted by Crippen LogP contribution is 2.21. The highest BCUT2D eigenvalue weighted by atomic mass is 35.5. The Kier molecular flexibility index (Phi) is 4.43. The quantitative estimate of drug-likeness (QED) is 0.711. The molecule has 2 rings (SSSR count). The van der Waals surface area contributed by atoms with Crippen LogP contribution >= 0.6 is 12.4 Å². The summed E-state index contributed by atoms with van der Waals surface area (Å²) in [6.07, 6.45) is 6.60. The summed E-state index contributed by atoms with van der Waals surface area (Å²) in [7, 11) is 0. The Balaban J connectivity index is 0.000000980. The minimum absolute atomic E-state index is 0. The van der Waals surface area contributed by atoms with E-state index < -0.39 is 0 Å². The highest BCUT2D eigenvalue weighted by Gasteiger charge is 2.07. The molecule has 0 aromatic heterocycles. The van der Waals surface area contributed by atoms with Gasteiger partial charge in [0, 0.05) is 6.54 Å². The normalized spacial score (nSPS) is 15.2. The van der Waals surface area contributed by atoms with Crippen LogP contribution in [0.5, 0.6) is 0 Å². The van der Waals surface area contributed by atoms with E-state index in [1.54, 1.807) is 11.1 Å². The van der Waals surface area contributed by atoms with Crippen molar-refractivity contribution >= 4 is 12.4 Å². The van der Waals surface area contributed by atoms with E-state index in [4.69, 9.17) is 5.73 Å². The Morgan fingerprint density at radius 2 is 1.71 bits per heavy atom. The average Bonchev–Trinajstić information content (AvgIpc) is 2.41. The van der Waals surface area contributed by atoms with Gasteiger partial charge < -0.3 is 5.73 Å². The van der Waals surface area contributed by atoms with E-state index in [1.165, 1.54) is 37.7 Å². The second-order valence-corrected chi connectivity index (χ2v) is 3.87. The van der Waals surface area contributed by atoms with Crippen LogP contribution in [0.25, 0.3) is 0 Å². The van der Waals surface area contributed by atoms with Crippen molar-refractivity contribution in [1.29, 1.82) is 0 Å². The molecule has 2 N–H and O–H groups in total. The van der Waals surface area contributed by atoms with Crippen molar-refractivity contribution in [3.63, 3.8) is 0 Å². The number of aryl methyl sites for hydroxylation is 2. The highest BCUT2D eigenvalue weighted by molar-refractivity contribution is 5.85. The molecule has 0 radical (unpaired) electrons. The van der Waals surface area contributed by atoms with Gasteiger partial charge in [0.15, 0.2) is 0 Å². The smallest absolute Gasteiger partial charge is 0.0178 e.